The Labute approximate surface area is 146 Å². The summed E-state index contributed by atoms with van der Waals surface area (Å²) in [7, 11) is 1.30. The van der Waals surface area contributed by atoms with Crippen LogP contribution >= 0.6 is 0 Å². The summed E-state index contributed by atoms with van der Waals surface area (Å²) in [5, 5.41) is 5.58. The predicted molar refractivity (Wildman–Crippen MR) is 91.5 cm³/mol. The van der Waals surface area contributed by atoms with E-state index in [1.54, 1.807) is 34.1 Å². The summed E-state index contributed by atoms with van der Waals surface area (Å²) in [6.45, 7) is 2.43. The van der Waals surface area contributed by atoms with Crippen LogP contribution in [0.1, 0.15) is 23.2 Å². The highest BCUT2D eigenvalue weighted by atomic mass is 16.5. The molecule has 1 atom stereocenters. The largest absolute Gasteiger partial charge is 0.465 e. The molecule has 0 unspecified atom stereocenters. The lowest BCUT2D eigenvalue weighted by Gasteiger charge is -2.37. The van der Waals surface area contributed by atoms with Crippen molar-refractivity contribution in [1.29, 1.82) is 0 Å². The van der Waals surface area contributed by atoms with Crippen LogP contribution in [-0.4, -0.2) is 67.2 Å². The smallest absolute Gasteiger partial charge is 0.339 e. The zero-order valence-electron chi connectivity index (χ0n) is 14.2. The van der Waals surface area contributed by atoms with Crippen molar-refractivity contribution < 1.29 is 19.1 Å². The van der Waals surface area contributed by atoms with Crippen LogP contribution in [0, 0.1) is 0 Å². The average molecular weight is 346 g/mol. The second kappa shape index (κ2) is 7.42. The van der Waals surface area contributed by atoms with E-state index in [0.29, 0.717) is 37.4 Å². The van der Waals surface area contributed by atoms with Crippen molar-refractivity contribution in [3.63, 3.8) is 0 Å². The topological polar surface area (TPSA) is 91.0 Å². The van der Waals surface area contributed by atoms with Crippen LogP contribution in [0.25, 0.3) is 0 Å². The molecule has 4 amide bonds. The Morgan fingerprint density at radius 3 is 2.80 bits per heavy atom. The lowest BCUT2D eigenvalue weighted by atomic mass is 10.0. The van der Waals surface area contributed by atoms with Crippen LogP contribution in [0.4, 0.5) is 15.3 Å². The Kier molecular flexibility index (Phi) is 5.06. The third-order valence-electron chi connectivity index (χ3n) is 4.59. The van der Waals surface area contributed by atoms with Gasteiger partial charge in [0, 0.05) is 26.2 Å². The number of piperidine rings is 1. The zero-order valence-corrected chi connectivity index (χ0v) is 14.2. The van der Waals surface area contributed by atoms with Crippen LogP contribution < -0.4 is 10.6 Å². The molecule has 0 aromatic heterocycles. The number of rotatable bonds is 3. The quantitative estimate of drug-likeness (QED) is 0.812. The lowest BCUT2D eigenvalue weighted by Crippen LogP contribution is -2.51. The fourth-order valence-corrected chi connectivity index (χ4v) is 3.30. The van der Waals surface area contributed by atoms with Crippen molar-refractivity contribution >= 4 is 23.7 Å². The van der Waals surface area contributed by atoms with Crippen LogP contribution in [-0.2, 0) is 4.74 Å². The lowest BCUT2D eigenvalue weighted by molar-refractivity contribution is 0.0602. The molecule has 1 aromatic carbocycles. The van der Waals surface area contributed by atoms with E-state index in [2.05, 4.69) is 10.6 Å². The van der Waals surface area contributed by atoms with Crippen molar-refractivity contribution in [2.45, 2.75) is 18.9 Å². The van der Waals surface area contributed by atoms with Gasteiger partial charge in [0.1, 0.15) is 0 Å². The molecule has 0 saturated carbocycles. The maximum atomic E-state index is 12.6. The van der Waals surface area contributed by atoms with Crippen molar-refractivity contribution in [1.82, 2.24) is 15.1 Å². The molecular formula is C17H22N4O4. The highest BCUT2D eigenvalue weighted by Gasteiger charge is 2.33. The molecule has 3 rings (SSSR count). The van der Waals surface area contributed by atoms with E-state index >= 15 is 0 Å². The van der Waals surface area contributed by atoms with E-state index in [1.165, 1.54) is 7.11 Å². The van der Waals surface area contributed by atoms with Gasteiger partial charge in [-0.1, -0.05) is 12.1 Å². The number of esters is 1. The average Bonchev–Trinajstić information content (AvgIpc) is 3.07. The molecule has 2 N–H and O–H groups in total. The first-order valence-electron chi connectivity index (χ1n) is 8.38. The Morgan fingerprint density at radius 2 is 2.08 bits per heavy atom. The minimum Gasteiger partial charge on any atom is -0.465 e. The number of ether oxygens (including phenoxy) is 1. The first kappa shape index (κ1) is 17.1. The number of likely N-dealkylation sites (tertiary alicyclic amines) is 1. The molecule has 8 heteroatoms. The fraction of sp³-hybridized carbons (Fsp3) is 0.471. The Bertz CT molecular complexity index is 678. The highest BCUT2D eigenvalue weighted by molar-refractivity contribution is 6.00. The number of nitrogens with one attached hydrogen (secondary N) is 2. The summed E-state index contributed by atoms with van der Waals surface area (Å²) in [4.78, 5) is 39.8. The third-order valence-corrected chi connectivity index (χ3v) is 4.59. The molecule has 0 radical (unpaired) electrons. The van der Waals surface area contributed by atoms with Gasteiger partial charge >= 0.3 is 18.0 Å². The molecule has 2 saturated heterocycles. The molecule has 0 aliphatic carbocycles. The van der Waals surface area contributed by atoms with Gasteiger partial charge in [-0.3, -0.25) is 0 Å². The Balaban J connectivity index is 1.67. The molecule has 2 aliphatic rings. The summed E-state index contributed by atoms with van der Waals surface area (Å²) in [5.74, 6) is -0.499. The summed E-state index contributed by atoms with van der Waals surface area (Å²) < 4.78 is 4.75. The standard InChI is InChI=1S/C17H22N4O4/c1-25-15(22)13-6-2-3-7-14(13)19-17(24)20-9-4-5-12(11-20)21-10-8-18-16(21)23/h2-3,6-7,12H,4-5,8-11H2,1H3,(H,18,23)(H,19,24)/t12-/m0/s1. The van der Waals surface area contributed by atoms with Gasteiger partial charge in [0.25, 0.3) is 0 Å². The number of methoxy groups -OCH3 is 1. The van der Waals surface area contributed by atoms with Gasteiger partial charge < -0.3 is 25.2 Å². The van der Waals surface area contributed by atoms with Gasteiger partial charge in [-0.2, -0.15) is 0 Å². The minimum absolute atomic E-state index is 0.0258. The van der Waals surface area contributed by atoms with E-state index in [0.717, 1.165) is 12.8 Å². The number of hydrogen-bond donors (Lipinski definition) is 2. The summed E-state index contributed by atoms with van der Waals surface area (Å²) in [6.07, 6.45) is 1.72. The minimum atomic E-state index is -0.499. The number of carbonyl (C=O) groups is 3. The monoisotopic (exact) mass is 346 g/mol. The predicted octanol–water partition coefficient (Wildman–Crippen LogP) is 1.49. The number of amides is 4. The van der Waals surface area contributed by atoms with Gasteiger partial charge in [0.2, 0.25) is 0 Å². The van der Waals surface area contributed by atoms with Crippen molar-refractivity contribution in [2.75, 3.05) is 38.6 Å². The maximum Gasteiger partial charge on any atom is 0.339 e. The molecule has 2 fully saturated rings. The van der Waals surface area contributed by atoms with E-state index in [9.17, 15) is 14.4 Å². The van der Waals surface area contributed by atoms with Gasteiger partial charge in [0.05, 0.1) is 24.4 Å². The van der Waals surface area contributed by atoms with Gasteiger partial charge in [0.15, 0.2) is 0 Å². The number of para-hydroxylation sites is 1. The SMILES string of the molecule is COC(=O)c1ccccc1NC(=O)N1CCC[C@H](N2CCNC2=O)C1. The number of anilines is 1. The van der Waals surface area contributed by atoms with Crippen molar-refractivity contribution in [3.05, 3.63) is 29.8 Å². The number of urea groups is 2. The van der Waals surface area contributed by atoms with Crippen LogP contribution in [0.5, 0.6) is 0 Å². The van der Waals surface area contributed by atoms with Crippen LogP contribution in [0.15, 0.2) is 24.3 Å². The normalized spacial score (nSPS) is 20.2. The zero-order chi connectivity index (χ0) is 17.8. The first-order valence-corrected chi connectivity index (χ1v) is 8.38. The Hall–Kier alpha value is -2.77. The van der Waals surface area contributed by atoms with Crippen LogP contribution in [0.3, 0.4) is 0 Å². The number of carbonyl (C=O) groups excluding carboxylic acids is 3. The van der Waals surface area contributed by atoms with Crippen LogP contribution in [0.2, 0.25) is 0 Å². The molecule has 1 aromatic rings. The highest BCUT2D eigenvalue weighted by Crippen LogP contribution is 2.20. The van der Waals surface area contributed by atoms with E-state index in [1.807, 2.05) is 0 Å². The second-order valence-electron chi connectivity index (χ2n) is 6.13. The summed E-state index contributed by atoms with van der Waals surface area (Å²) in [6, 6.07) is 6.41. The molecule has 2 aliphatic heterocycles. The van der Waals surface area contributed by atoms with E-state index < -0.39 is 5.97 Å². The molecule has 8 nitrogen and oxygen atoms in total. The first-order chi connectivity index (χ1) is 12.1. The number of nitrogens with zero attached hydrogens (tertiary/aromatic N) is 2. The maximum absolute atomic E-state index is 12.6. The van der Waals surface area contributed by atoms with Gasteiger partial charge in [-0.05, 0) is 25.0 Å². The fourth-order valence-electron chi connectivity index (χ4n) is 3.30. The molecule has 134 valence electrons. The third kappa shape index (κ3) is 3.67. The van der Waals surface area contributed by atoms with Gasteiger partial charge in [-0.25, -0.2) is 14.4 Å². The molecule has 2 heterocycles. The van der Waals surface area contributed by atoms with Crippen molar-refractivity contribution in [2.24, 2.45) is 0 Å². The molecular weight excluding hydrogens is 324 g/mol. The number of benzene rings is 1. The molecule has 0 spiro atoms. The van der Waals surface area contributed by atoms with E-state index in [-0.39, 0.29) is 18.1 Å². The Morgan fingerprint density at radius 1 is 1.28 bits per heavy atom. The molecule has 0 bridgehead atoms. The van der Waals surface area contributed by atoms with Gasteiger partial charge in [-0.15, -0.1) is 0 Å². The van der Waals surface area contributed by atoms with Crippen molar-refractivity contribution in [3.8, 4) is 0 Å². The molecule has 25 heavy (non-hydrogen) atoms. The second-order valence-corrected chi connectivity index (χ2v) is 6.13. The van der Waals surface area contributed by atoms with E-state index in [4.69, 9.17) is 4.74 Å². The summed E-state index contributed by atoms with van der Waals surface area (Å²) >= 11 is 0. The number of hydrogen-bond acceptors (Lipinski definition) is 4. The summed E-state index contributed by atoms with van der Waals surface area (Å²) in [5.41, 5.74) is 0.728.